The summed E-state index contributed by atoms with van der Waals surface area (Å²) >= 11 is 5.43. The summed E-state index contributed by atoms with van der Waals surface area (Å²) < 4.78 is 5.24. The second-order valence-corrected chi connectivity index (χ2v) is 4.92. The molecule has 0 heterocycles. The van der Waals surface area contributed by atoms with Gasteiger partial charge in [-0.25, -0.2) is 0 Å². The topological polar surface area (TPSA) is 9.23 Å². The van der Waals surface area contributed by atoms with E-state index in [1.165, 1.54) is 38.1 Å². The first kappa shape index (κ1) is 9.55. The Kier molecular flexibility index (Phi) is 5.24. The monoisotopic (exact) mass is 192 g/mol. The third kappa shape index (κ3) is 4.14. The van der Waals surface area contributed by atoms with Gasteiger partial charge in [-0.2, -0.15) is 0 Å². The van der Waals surface area contributed by atoms with Crippen LogP contribution in [0.1, 0.15) is 32.1 Å². The minimum atomic E-state index is -0.266. The van der Waals surface area contributed by atoms with Crippen molar-refractivity contribution in [3.63, 3.8) is 0 Å². The molecule has 0 aromatic heterocycles. The lowest BCUT2D eigenvalue weighted by molar-refractivity contribution is 0.358. The van der Waals surface area contributed by atoms with Gasteiger partial charge >= 0.3 is 0 Å². The molecule has 1 nitrogen and oxygen atoms in total. The van der Waals surface area contributed by atoms with Crippen LogP contribution >= 0.6 is 11.6 Å². The van der Waals surface area contributed by atoms with Crippen LogP contribution in [0.3, 0.4) is 0 Å². The van der Waals surface area contributed by atoms with Gasteiger partial charge in [0.05, 0.1) is 0 Å². The molecule has 1 saturated carbocycles. The molecule has 0 unspecified atom stereocenters. The molecule has 0 aliphatic heterocycles. The van der Waals surface area contributed by atoms with E-state index >= 15 is 0 Å². The van der Waals surface area contributed by atoms with Gasteiger partial charge in [0.15, 0.2) is 9.76 Å². The summed E-state index contributed by atoms with van der Waals surface area (Å²) in [6.07, 6.45) is 7.23. The normalized spacial score (nSPS) is 21.5. The molecule has 0 amide bonds. The molecule has 1 aliphatic rings. The van der Waals surface area contributed by atoms with E-state index in [-0.39, 0.29) is 9.76 Å². The quantitative estimate of drug-likeness (QED) is 0.377. The summed E-state index contributed by atoms with van der Waals surface area (Å²) in [5.74, 6) is 0.985. The third-order valence-corrected chi connectivity index (χ3v) is 4.43. The molecule has 0 aromatic carbocycles. The Morgan fingerprint density at radius 1 is 1.27 bits per heavy atom. The smallest absolute Gasteiger partial charge is 0.163 e. The van der Waals surface area contributed by atoms with Gasteiger partial charge < -0.3 is 4.43 Å². The molecule has 0 atom stereocenters. The molecule has 0 radical (unpaired) electrons. The van der Waals surface area contributed by atoms with Crippen LogP contribution in [0.2, 0.25) is 6.04 Å². The van der Waals surface area contributed by atoms with Gasteiger partial charge in [-0.3, -0.25) is 0 Å². The highest BCUT2D eigenvalue weighted by Crippen LogP contribution is 2.26. The van der Waals surface area contributed by atoms with E-state index in [2.05, 4.69) is 0 Å². The van der Waals surface area contributed by atoms with Gasteiger partial charge in [0.1, 0.15) is 6.07 Å². The van der Waals surface area contributed by atoms with Crippen molar-refractivity contribution in [2.75, 3.05) is 6.07 Å². The van der Waals surface area contributed by atoms with Crippen molar-refractivity contribution in [1.82, 2.24) is 0 Å². The highest BCUT2D eigenvalue weighted by atomic mass is 35.5. The van der Waals surface area contributed by atoms with Crippen LogP contribution in [0, 0.1) is 5.92 Å². The predicted molar refractivity (Wildman–Crippen MR) is 51.7 cm³/mol. The molecule has 1 rings (SSSR count). The van der Waals surface area contributed by atoms with Gasteiger partial charge in [0.2, 0.25) is 0 Å². The molecule has 0 N–H and O–H groups in total. The maximum Gasteiger partial charge on any atom is 0.163 e. The van der Waals surface area contributed by atoms with Crippen molar-refractivity contribution < 1.29 is 4.43 Å². The van der Waals surface area contributed by atoms with E-state index in [1.807, 2.05) is 0 Å². The average Bonchev–Trinajstić information content (AvgIpc) is 2.07. The summed E-state index contributed by atoms with van der Waals surface area (Å²) in [6.45, 7) is 0. The largest absolute Gasteiger partial charge is 0.411 e. The lowest BCUT2D eigenvalue weighted by Crippen LogP contribution is -2.10. The van der Waals surface area contributed by atoms with Crippen LogP contribution in [-0.2, 0) is 4.43 Å². The van der Waals surface area contributed by atoms with E-state index in [0.29, 0.717) is 6.07 Å². The van der Waals surface area contributed by atoms with Crippen LogP contribution < -0.4 is 0 Å². The summed E-state index contributed by atoms with van der Waals surface area (Å²) in [5.41, 5.74) is 0. The molecule has 0 saturated heterocycles. The Labute approximate surface area is 76.4 Å². The molecule has 66 valence electrons. The lowest BCUT2D eigenvalue weighted by Gasteiger charge is -2.20. The minimum Gasteiger partial charge on any atom is -0.411 e. The van der Waals surface area contributed by atoms with Gasteiger partial charge in [-0.15, -0.1) is 0 Å². The van der Waals surface area contributed by atoms with Crippen molar-refractivity contribution in [3.8, 4) is 0 Å². The van der Waals surface area contributed by atoms with Crippen LogP contribution in [-0.4, -0.2) is 15.8 Å². The second kappa shape index (κ2) is 6.04. The summed E-state index contributed by atoms with van der Waals surface area (Å²) in [6, 6.07) is 1.77. The van der Waals surface area contributed by atoms with E-state index in [0.717, 1.165) is 5.92 Å². The summed E-state index contributed by atoms with van der Waals surface area (Å²) in [4.78, 5) is 0. The molecular weight excluding hydrogens is 176 g/mol. The molecule has 0 spiro atoms. The maximum absolute atomic E-state index is 5.43. The summed E-state index contributed by atoms with van der Waals surface area (Å²) in [5, 5.41) is 0. The zero-order valence-electron chi connectivity index (χ0n) is 7.02. The molecule has 1 fully saturated rings. The SMILES string of the molecule is ClCO[SiH2]CC1CCCCC1. The molecule has 1 aliphatic carbocycles. The number of hydrogen-bond acceptors (Lipinski definition) is 1. The molecule has 0 bridgehead atoms. The van der Waals surface area contributed by atoms with Crippen LogP contribution in [0.15, 0.2) is 0 Å². The summed E-state index contributed by atoms with van der Waals surface area (Å²) in [7, 11) is -0.266. The van der Waals surface area contributed by atoms with Crippen molar-refractivity contribution in [2.24, 2.45) is 5.92 Å². The Morgan fingerprint density at radius 2 is 2.00 bits per heavy atom. The van der Waals surface area contributed by atoms with Crippen molar-refractivity contribution in [2.45, 2.75) is 38.1 Å². The number of halogens is 1. The Balaban J connectivity index is 1.96. The maximum atomic E-state index is 5.43. The van der Waals surface area contributed by atoms with Crippen molar-refractivity contribution in [1.29, 1.82) is 0 Å². The molecule has 0 aromatic rings. The first-order valence-electron chi connectivity index (χ1n) is 4.57. The van der Waals surface area contributed by atoms with Crippen molar-refractivity contribution in [3.05, 3.63) is 0 Å². The van der Waals surface area contributed by atoms with Gasteiger partial charge in [-0.05, 0) is 12.0 Å². The van der Waals surface area contributed by atoms with Gasteiger partial charge in [-0.1, -0.05) is 43.7 Å². The fourth-order valence-corrected chi connectivity index (χ4v) is 3.29. The standard InChI is InChI=1S/C8H17ClOSi/c9-7-10-11-6-8-4-2-1-3-5-8/h8H,1-7,11H2. The second-order valence-electron chi connectivity index (χ2n) is 3.31. The van der Waals surface area contributed by atoms with Gasteiger partial charge in [0, 0.05) is 0 Å². The predicted octanol–water partition coefficient (Wildman–Crippen LogP) is 2.28. The average molecular weight is 193 g/mol. The van der Waals surface area contributed by atoms with Crippen LogP contribution in [0.5, 0.6) is 0 Å². The Bertz CT molecular complexity index is 94.1. The zero-order chi connectivity index (χ0) is 7.94. The molecule has 3 heteroatoms. The zero-order valence-corrected chi connectivity index (χ0v) is 9.19. The van der Waals surface area contributed by atoms with E-state index in [9.17, 15) is 0 Å². The highest BCUT2D eigenvalue weighted by molar-refractivity contribution is 6.29. The first-order valence-corrected chi connectivity index (χ1v) is 6.68. The van der Waals surface area contributed by atoms with Crippen molar-refractivity contribution >= 4 is 21.4 Å². The van der Waals surface area contributed by atoms with Crippen LogP contribution in [0.25, 0.3) is 0 Å². The lowest BCUT2D eigenvalue weighted by atomic mass is 9.91. The number of rotatable bonds is 4. The number of alkyl halides is 1. The van der Waals surface area contributed by atoms with Crippen LogP contribution in [0.4, 0.5) is 0 Å². The van der Waals surface area contributed by atoms with E-state index in [4.69, 9.17) is 16.0 Å². The number of hydrogen-bond donors (Lipinski definition) is 0. The van der Waals surface area contributed by atoms with E-state index < -0.39 is 0 Å². The third-order valence-electron chi connectivity index (χ3n) is 2.47. The Hall–Kier alpha value is 0.467. The fourth-order valence-electron chi connectivity index (χ4n) is 1.78. The minimum absolute atomic E-state index is 0.266. The fraction of sp³-hybridized carbons (Fsp3) is 1.00. The molecular formula is C8H17ClOSi. The molecule has 11 heavy (non-hydrogen) atoms. The Morgan fingerprint density at radius 3 is 2.64 bits per heavy atom. The first-order chi connectivity index (χ1) is 5.43. The van der Waals surface area contributed by atoms with E-state index in [1.54, 1.807) is 0 Å². The van der Waals surface area contributed by atoms with Gasteiger partial charge in [0.25, 0.3) is 0 Å². The highest BCUT2D eigenvalue weighted by Gasteiger charge is 2.12.